The zero-order valence-corrected chi connectivity index (χ0v) is 16.0. The van der Waals surface area contributed by atoms with E-state index in [9.17, 15) is 9.59 Å². The Morgan fingerprint density at radius 3 is 2.52 bits per heavy atom. The van der Waals surface area contributed by atoms with Crippen molar-refractivity contribution in [3.8, 4) is 11.5 Å². The lowest BCUT2D eigenvalue weighted by Gasteiger charge is -2.13. The molecule has 0 spiro atoms. The predicted octanol–water partition coefficient (Wildman–Crippen LogP) is 1.40. The highest BCUT2D eigenvalue weighted by Gasteiger charge is 2.17. The number of fused-ring (bicyclic) bond motifs is 3. The third-order valence-electron chi connectivity index (χ3n) is 4.47. The van der Waals surface area contributed by atoms with Crippen molar-refractivity contribution in [2.24, 2.45) is 0 Å². The Balaban J connectivity index is 1.73. The average Bonchev–Trinajstić information content (AvgIpc) is 3.12. The lowest BCUT2D eigenvalue weighted by molar-refractivity contribution is -0.116. The van der Waals surface area contributed by atoms with Gasteiger partial charge in [0.1, 0.15) is 23.9 Å². The van der Waals surface area contributed by atoms with Crippen molar-refractivity contribution in [2.45, 2.75) is 13.5 Å². The SMILES string of the molecule is COc1cc(NC(=O)Cn2c(=O)c3nnc(C)n3c3ncccc32)cc(OC)c1. The fourth-order valence-corrected chi connectivity index (χ4v) is 3.14. The summed E-state index contributed by atoms with van der Waals surface area (Å²) >= 11 is 0. The van der Waals surface area contributed by atoms with Crippen LogP contribution in [0.4, 0.5) is 5.69 Å². The van der Waals surface area contributed by atoms with Gasteiger partial charge in [-0.25, -0.2) is 4.98 Å². The quantitative estimate of drug-likeness (QED) is 0.544. The molecule has 0 fully saturated rings. The molecular formula is C19H18N6O4. The Bertz CT molecular complexity index is 1270. The monoisotopic (exact) mass is 394 g/mol. The first kappa shape index (κ1) is 18.4. The Kier molecular flexibility index (Phi) is 4.59. The van der Waals surface area contributed by atoms with E-state index < -0.39 is 11.5 Å². The van der Waals surface area contributed by atoms with Gasteiger partial charge in [-0.05, 0) is 19.1 Å². The topological polar surface area (TPSA) is 113 Å². The van der Waals surface area contributed by atoms with Crippen LogP contribution in [0.3, 0.4) is 0 Å². The van der Waals surface area contributed by atoms with Gasteiger partial charge >= 0.3 is 0 Å². The molecule has 0 saturated heterocycles. The van der Waals surface area contributed by atoms with Gasteiger partial charge in [0.05, 0.1) is 19.7 Å². The van der Waals surface area contributed by atoms with Crippen molar-refractivity contribution in [3.05, 3.63) is 52.7 Å². The van der Waals surface area contributed by atoms with E-state index in [2.05, 4.69) is 20.5 Å². The normalized spacial score (nSPS) is 11.0. The van der Waals surface area contributed by atoms with Crippen LogP contribution in [0.2, 0.25) is 0 Å². The molecule has 3 aromatic heterocycles. The van der Waals surface area contributed by atoms with E-state index in [1.165, 1.54) is 18.8 Å². The molecule has 0 aliphatic carbocycles. The van der Waals surface area contributed by atoms with Crippen molar-refractivity contribution in [1.29, 1.82) is 0 Å². The van der Waals surface area contributed by atoms with E-state index in [-0.39, 0.29) is 12.2 Å². The molecule has 1 N–H and O–H groups in total. The fourth-order valence-electron chi connectivity index (χ4n) is 3.14. The second kappa shape index (κ2) is 7.23. The van der Waals surface area contributed by atoms with Crippen LogP contribution >= 0.6 is 0 Å². The average molecular weight is 394 g/mol. The molecule has 10 nitrogen and oxygen atoms in total. The van der Waals surface area contributed by atoms with Crippen LogP contribution in [-0.4, -0.2) is 44.3 Å². The van der Waals surface area contributed by atoms with Gasteiger partial charge in [0.25, 0.3) is 5.56 Å². The van der Waals surface area contributed by atoms with Crippen molar-refractivity contribution >= 4 is 28.4 Å². The second-order valence-corrected chi connectivity index (χ2v) is 6.29. The summed E-state index contributed by atoms with van der Waals surface area (Å²) in [6.45, 7) is 1.52. The summed E-state index contributed by atoms with van der Waals surface area (Å²) in [6, 6.07) is 8.45. The van der Waals surface area contributed by atoms with Gasteiger partial charge in [-0.3, -0.25) is 18.6 Å². The summed E-state index contributed by atoms with van der Waals surface area (Å²) in [7, 11) is 3.05. The first-order valence-corrected chi connectivity index (χ1v) is 8.74. The van der Waals surface area contributed by atoms with E-state index in [1.54, 1.807) is 47.9 Å². The van der Waals surface area contributed by atoms with E-state index in [4.69, 9.17) is 9.47 Å². The van der Waals surface area contributed by atoms with Crippen LogP contribution in [-0.2, 0) is 11.3 Å². The maximum atomic E-state index is 12.9. The Labute approximate surface area is 164 Å². The number of carbonyl (C=O) groups excluding carboxylic acids is 1. The summed E-state index contributed by atoms with van der Waals surface area (Å²) in [6.07, 6.45) is 1.61. The van der Waals surface area contributed by atoms with Crippen LogP contribution in [0.5, 0.6) is 11.5 Å². The molecular weight excluding hydrogens is 376 g/mol. The van der Waals surface area contributed by atoms with E-state index in [0.29, 0.717) is 34.2 Å². The van der Waals surface area contributed by atoms with Crippen LogP contribution in [0.25, 0.3) is 16.8 Å². The van der Waals surface area contributed by atoms with Gasteiger partial charge in [0, 0.05) is 30.1 Å². The molecule has 10 heteroatoms. The molecule has 1 amide bonds. The lowest BCUT2D eigenvalue weighted by Crippen LogP contribution is -2.29. The standard InChI is InChI=1S/C19H18N6O4/c1-11-22-23-18-19(27)24(15-5-4-6-20-17(15)25(11)18)10-16(26)21-12-7-13(28-2)9-14(8-12)29-3/h4-9H,10H2,1-3H3,(H,21,26). The summed E-state index contributed by atoms with van der Waals surface area (Å²) < 4.78 is 13.3. The van der Waals surface area contributed by atoms with E-state index in [1.807, 2.05) is 0 Å². The Morgan fingerprint density at radius 1 is 1.10 bits per heavy atom. The van der Waals surface area contributed by atoms with Crippen LogP contribution in [0.1, 0.15) is 5.82 Å². The number of benzene rings is 1. The highest BCUT2D eigenvalue weighted by Crippen LogP contribution is 2.25. The number of pyridine rings is 1. The fraction of sp³-hybridized carbons (Fsp3) is 0.211. The molecule has 0 unspecified atom stereocenters. The zero-order valence-electron chi connectivity index (χ0n) is 16.0. The molecule has 29 heavy (non-hydrogen) atoms. The second-order valence-electron chi connectivity index (χ2n) is 6.29. The highest BCUT2D eigenvalue weighted by molar-refractivity contribution is 5.92. The minimum absolute atomic E-state index is 0.115. The number of aryl methyl sites for hydroxylation is 1. The number of carbonyl (C=O) groups is 1. The number of methoxy groups -OCH3 is 2. The molecule has 0 bridgehead atoms. The third-order valence-corrected chi connectivity index (χ3v) is 4.47. The number of hydrogen-bond donors (Lipinski definition) is 1. The van der Waals surface area contributed by atoms with Gasteiger partial charge in [-0.15, -0.1) is 10.2 Å². The zero-order chi connectivity index (χ0) is 20.5. The van der Waals surface area contributed by atoms with Crippen LogP contribution in [0, 0.1) is 6.92 Å². The van der Waals surface area contributed by atoms with Gasteiger partial charge in [0.2, 0.25) is 11.6 Å². The van der Waals surface area contributed by atoms with Crippen molar-refractivity contribution < 1.29 is 14.3 Å². The highest BCUT2D eigenvalue weighted by atomic mass is 16.5. The van der Waals surface area contributed by atoms with Crippen LogP contribution in [0.15, 0.2) is 41.3 Å². The third kappa shape index (κ3) is 3.24. The van der Waals surface area contributed by atoms with Gasteiger partial charge in [-0.2, -0.15) is 0 Å². The number of aromatic nitrogens is 5. The van der Waals surface area contributed by atoms with E-state index in [0.717, 1.165) is 0 Å². The summed E-state index contributed by atoms with van der Waals surface area (Å²) in [5.74, 6) is 1.22. The van der Waals surface area contributed by atoms with Gasteiger partial charge in [-0.1, -0.05) is 0 Å². The van der Waals surface area contributed by atoms with Crippen molar-refractivity contribution in [2.75, 3.05) is 19.5 Å². The number of hydrogen-bond acceptors (Lipinski definition) is 7. The number of ether oxygens (including phenoxy) is 2. The molecule has 0 saturated carbocycles. The Morgan fingerprint density at radius 2 is 1.83 bits per heavy atom. The molecule has 0 atom stereocenters. The maximum Gasteiger partial charge on any atom is 0.297 e. The summed E-state index contributed by atoms with van der Waals surface area (Å²) in [5.41, 5.74) is 1.18. The maximum absolute atomic E-state index is 12.9. The predicted molar refractivity (Wildman–Crippen MR) is 105 cm³/mol. The number of nitrogens with one attached hydrogen (secondary N) is 1. The smallest absolute Gasteiger partial charge is 0.297 e. The molecule has 3 heterocycles. The minimum Gasteiger partial charge on any atom is -0.497 e. The largest absolute Gasteiger partial charge is 0.497 e. The van der Waals surface area contributed by atoms with Crippen LogP contribution < -0.4 is 20.3 Å². The minimum atomic E-state index is -0.426. The molecule has 1 aromatic carbocycles. The molecule has 0 radical (unpaired) electrons. The number of nitrogens with zero attached hydrogens (tertiary/aromatic N) is 5. The molecule has 4 aromatic rings. The van der Waals surface area contributed by atoms with Crippen molar-refractivity contribution in [3.63, 3.8) is 0 Å². The lowest BCUT2D eigenvalue weighted by atomic mass is 10.2. The number of rotatable bonds is 5. The summed E-state index contributed by atoms with van der Waals surface area (Å²) in [5, 5.41) is 10.7. The number of anilines is 1. The van der Waals surface area contributed by atoms with Gasteiger partial charge < -0.3 is 14.8 Å². The van der Waals surface area contributed by atoms with Gasteiger partial charge in [0.15, 0.2) is 5.65 Å². The molecule has 148 valence electrons. The van der Waals surface area contributed by atoms with E-state index >= 15 is 0 Å². The number of amides is 1. The summed E-state index contributed by atoms with van der Waals surface area (Å²) in [4.78, 5) is 30.0. The first-order valence-electron chi connectivity index (χ1n) is 8.74. The Hall–Kier alpha value is -3.95. The molecule has 4 rings (SSSR count). The van der Waals surface area contributed by atoms with Crippen molar-refractivity contribution in [1.82, 2.24) is 24.1 Å². The molecule has 0 aliphatic rings. The molecule has 0 aliphatic heterocycles. The first-order chi connectivity index (χ1) is 14.0.